The Hall–Kier alpha value is -1.59. The highest BCUT2D eigenvalue weighted by Crippen LogP contribution is 2.22. The van der Waals surface area contributed by atoms with Gasteiger partial charge in [0.1, 0.15) is 24.4 Å². The minimum atomic E-state index is -1.57. The number of unbranched alkanes of at least 4 members (excludes halogenated alkanes) is 17. The Balaban J connectivity index is 2.26. The molecule has 0 aromatic carbocycles. The molecule has 9 heteroatoms. The molecule has 1 aliphatic rings. The standard InChI is InChI=1S/C40H73NO8/c1-3-5-7-8-9-10-11-12-13-14-15-16-17-18-19-20-21-22-23-24-25-26-28-29-34(43)33(41-36(44)30-27-6-4-2)32-48-40-39(47)38(46)37(45)35(31-42)49-40/h19-20,23-24,28-29,33-35,37-40,42-43,45-47H,3-18,21-22,25-27,30-32H2,1-2H3,(H,41,44)/b20-19+,24-23+,29-28+. The minimum absolute atomic E-state index is 0.208. The molecule has 1 saturated heterocycles. The lowest BCUT2D eigenvalue weighted by Gasteiger charge is -2.40. The predicted octanol–water partition coefficient (Wildman–Crippen LogP) is 6.94. The van der Waals surface area contributed by atoms with Gasteiger partial charge in [-0.3, -0.25) is 4.79 Å². The summed E-state index contributed by atoms with van der Waals surface area (Å²) in [5.41, 5.74) is 0. The van der Waals surface area contributed by atoms with Gasteiger partial charge < -0.3 is 40.3 Å². The second-order valence-electron chi connectivity index (χ2n) is 13.7. The molecule has 0 aliphatic carbocycles. The molecule has 1 amide bonds. The van der Waals surface area contributed by atoms with Crippen molar-refractivity contribution in [3.05, 3.63) is 36.5 Å². The molecule has 0 radical (unpaired) electrons. The van der Waals surface area contributed by atoms with Crippen molar-refractivity contribution < 1.29 is 39.8 Å². The Kier molecular flexibility index (Phi) is 28.9. The summed E-state index contributed by atoms with van der Waals surface area (Å²) in [6.07, 6.45) is 30.0. The molecular formula is C40H73NO8. The number of hydrogen-bond acceptors (Lipinski definition) is 8. The summed E-state index contributed by atoms with van der Waals surface area (Å²) in [4.78, 5) is 12.5. The lowest BCUT2D eigenvalue weighted by molar-refractivity contribution is -0.302. The van der Waals surface area contributed by atoms with E-state index in [4.69, 9.17) is 9.47 Å². The highest BCUT2D eigenvalue weighted by atomic mass is 16.7. The SMILES string of the molecule is CCCCCCCCCCCCCCC/C=C/CC/C=C/CC/C=C/C(O)C(COC1OC(CO)C(O)C(O)C1O)NC(=O)CCCCC. The molecule has 1 rings (SSSR count). The van der Waals surface area contributed by atoms with Crippen molar-refractivity contribution in [3.63, 3.8) is 0 Å². The molecule has 1 heterocycles. The zero-order valence-corrected chi connectivity index (χ0v) is 30.9. The van der Waals surface area contributed by atoms with Gasteiger partial charge in [0.2, 0.25) is 5.91 Å². The average Bonchev–Trinajstić information content (AvgIpc) is 3.10. The molecular weight excluding hydrogens is 622 g/mol. The van der Waals surface area contributed by atoms with Crippen molar-refractivity contribution in [2.75, 3.05) is 13.2 Å². The number of allylic oxidation sites excluding steroid dienone is 5. The topological polar surface area (TPSA) is 149 Å². The van der Waals surface area contributed by atoms with Gasteiger partial charge in [0.05, 0.1) is 25.4 Å². The zero-order valence-electron chi connectivity index (χ0n) is 30.9. The monoisotopic (exact) mass is 696 g/mol. The van der Waals surface area contributed by atoms with Crippen LogP contribution in [0.3, 0.4) is 0 Å². The number of carbonyl (C=O) groups excluding carboxylic acids is 1. The fourth-order valence-corrected chi connectivity index (χ4v) is 5.95. The van der Waals surface area contributed by atoms with E-state index in [1.54, 1.807) is 6.08 Å². The molecule has 9 nitrogen and oxygen atoms in total. The van der Waals surface area contributed by atoms with Gasteiger partial charge >= 0.3 is 0 Å². The molecule has 0 spiro atoms. The van der Waals surface area contributed by atoms with E-state index >= 15 is 0 Å². The van der Waals surface area contributed by atoms with Gasteiger partial charge in [-0.15, -0.1) is 0 Å². The fourth-order valence-electron chi connectivity index (χ4n) is 5.95. The van der Waals surface area contributed by atoms with Crippen molar-refractivity contribution in [1.82, 2.24) is 5.32 Å². The van der Waals surface area contributed by atoms with E-state index in [1.165, 1.54) is 89.9 Å². The Labute approximate surface area is 298 Å². The van der Waals surface area contributed by atoms with Gasteiger partial charge in [0.25, 0.3) is 0 Å². The third kappa shape index (κ3) is 22.8. The number of hydrogen-bond donors (Lipinski definition) is 6. The van der Waals surface area contributed by atoms with Crippen LogP contribution in [0.5, 0.6) is 0 Å². The van der Waals surface area contributed by atoms with Crippen LogP contribution in [0.1, 0.15) is 155 Å². The van der Waals surface area contributed by atoms with Crippen LogP contribution in [0.2, 0.25) is 0 Å². The highest BCUT2D eigenvalue weighted by molar-refractivity contribution is 5.76. The van der Waals surface area contributed by atoms with Crippen molar-refractivity contribution in [2.24, 2.45) is 0 Å². The van der Waals surface area contributed by atoms with Gasteiger partial charge in [-0.25, -0.2) is 0 Å². The van der Waals surface area contributed by atoms with E-state index in [-0.39, 0.29) is 12.5 Å². The van der Waals surface area contributed by atoms with Crippen LogP contribution in [0.4, 0.5) is 0 Å². The van der Waals surface area contributed by atoms with E-state index in [0.717, 1.165) is 44.9 Å². The molecule has 0 bridgehead atoms. The number of rotatable bonds is 31. The number of aliphatic hydroxyl groups excluding tert-OH is 5. The Morgan fingerprint density at radius 1 is 0.673 bits per heavy atom. The normalized spacial score (nSPS) is 22.8. The lowest BCUT2D eigenvalue weighted by Crippen LogP contribution is -2.60. The van der Waals surface area contributed by atoms with Crippen LogP contribution in [-0.2, 0) is 14.3 Å². The van der Waals surface area contributed by atoms with E-state index in [2.05, 4.69) is 43.5 Å². The van der Waals surface area contributed by atoms with Crippen LogP contribution >= 0.6 is 0 Å². The lowest BCUT2D eigenvalue weighted by atomic mass is 9.99. The van der Waals surface area contributed by atoms with Gasteiger partial charge in [-0.05, 0) is 44.9 Å². The summed E-state index contributed by atoms with van der Waals surface area (Å²) in [6.45, 7) is 3.55. The van der Waals surface area contributed by atoms with Crippen LogP contribution in [-0.4, -0.2) is 87.5 Å². The summed E-state index contributed by atoms with van der Waals surface area (Å²) >= 11 is 0. The summed E-state index contributed by atoms with van der Waals surface area (Å²) in [7, 11) is 0. The molecule has 7 atom stereocenters. The minimum Gasteiger partial charge on any atom is -0.394 e. The zero-order chi connectivity index (χ0) is 36.0. The van der Waals surface area contributed by atoms with E-state index in [9.17, 15) is 30.3 Å². The van der Waals surface area contributed by atoms with Gasteiger partial charge in [-0.1, -0.05) is 140 Å². The smallest absolute Gasteiger partial charge is 0.220 e. The molecule has 1 aliphatic heterocycles. The van der Waals surface area contributed by atoms with Crippen molar-refractivity contribution >= 4 is 5.91 Å². The van der Waals surface area contributed by atoms with Gasteiger partial charge in [0, 0.05) is 6.42 Å². The first-order valence-corrected chi connectivity index (χ1v) is 19.7. The maximum Gasteiger partial charge on any atom is 0.220 e. The van der Waals surface area contributed by atoms with Gasteiger partial charge in [0.15, 0.2) is 6.29 Å². The summed E-state index contributed by atoms with van der Waals surface area (Å²) in [6, 6.07) is -0.820. The first kappa shape index (κ1) is 45.4. The number of amides is 1. The average molecular weight is 696 g/mol. The maximum absolute atomic E-state index is 12.5. The number of aliphatic hydroxyl groups is 5. The first-order valence-electron chi connectivity index (χ1n) is 19.7. The summed E-state index contributed by atoms with van der Waals surface area (Å²) in [5.74, 6) is -0.218. The van der Waals surface area contributed by atoms with E-state index in [1.807, 2.05) is 6.08 Å². The van der Waals surface area contributed by atoms with Gasteiger partial charge in [-0.2, -0.15) is 0 Å². The highest BCUT2D eigenvalue weighted by Gasteiger charge is 2.44. The number of nitrogens with one attached hydrogen (secondary N) is 1. The van der Waals surface area contributed by atoms with E-state index < -0.39 is 49.5 Å². The molecule has 0 saturated carbocycles. The molecule has 0 aromatic rings. The first-order chi connectivity index (χ1) is 23.8. The third-order valence-corrected chi connectivity index (χ3v) is 9.20. The molecule has 7 unspecified atom stereocenters. The van der Waals surface area contributed by atoms with Crippen molar-refractivity contribution in [2.45, 2.75) is 198 Å². The van der Waals surface area contributed by atoms with Crippen LogP contribution in [0, 0.1) is 0 Å². The molecule has 1 fully saturated rings. The van der Waals surface area contributed by atoms with E-state index in [0.29, 0.717) is 6.42 Å². The molecule has 0 aromatic heterocycles. The second kappa shape index (κ2) is 31.2. The summed E-state index contributed by atoms with van der Waals surface area (Å²) < 4.78 is 11.0. The van der Waals surface area contributed by atoms with Crippen LogP contribution < -0.4 is 5.32 Å². The van der Waals surface area contributed by atoms with Crippen LogP contribution in [0.15, 0.2) is 36.5 Å². The maximum atomic E-state index is 12.5. The summed E-state index contributed by atoms with van der Waals surface area (Å²) in [5, 5.41) is 53.4. The number of ether oxygens (including phenoxy) is 2. The Morgan fingerprint density at radius 3 is 1.71 bits per heavy atom. The van der Waals surface area contributed by atoms with Crippen molar-refractivity contribution in [3.8, 4) is 0 Å². The van der Waals surface area contributed by atoms with Crippen molar-refractivity contribution in [1.29, 1.82) is 0 Å². The quantitative estimate of drug-likeness (QED) is 0.0338. The predicted molar refractivity (Wildman–Crippen MR) is 198 cm³/mol. The largest absolute Gasteiger partial charge is 0.394 e. The molecule has 6 N–H and O–H groups in total. The Morgan fingerprint density at radius 2 is 1.16 bits per heavy atom. The fraction of sp³-hybridized carbons (Fsp3) is 0.825. The molecule has 286 valence electrons. The van der Waals surface area contributed by atoms with Crippen LogP contribution in [0.25, 0.3) is 0 Å². The molecule has 49 heavy (non-hydrogen) atoms. The second-order valence-corrected chi connectivity index (χ2v) is 13.7. The third-order valence-electron chi connectivity index (χ3n) is 9.20. The Bertz CT molecular complexity index is 863. The number of carbonyl (C=O) groups is 1.